The summed E-state index contributed by atoms with van der Waals surface area (Å²) >= 11 is 0. The molecule has 130 valence electrons. The van der Waals surface area contributed by atoms with Crippen molar-refractivity contribution >= 4 is 11.9 Å². The number of amides is 3. The Morgan fingerprint density at radius 2 is 2.00 bits per heavy atom. The van der Waals surface area contributed by atoms with Crippen molar-refractivity contribution in [2.45, 2.75) is 43.9 Å². The Balaban J connectivity index is 1.50. The number of carbonyl (C=O) groups is 2. The largest absolute Gasteiger partial charge is 0.389 e. The molecule has 7 heteroatoms. The number of imide groups is 1. The van der Waals surface area contributed by atoms with Gasteiger partial charge in [0.2, 0.25) is 0 Å². The predicted molar refractivity (Wildman–Crippen MR) is 83.5 cm³/mol. The first-order valence-corrected chi connectivity index (χ1v) is 8.15. The van der Waals surface area contributed by atoms with E-state index >= 15 is 0 Å². The SMILES string of the molecule is O=C1NC2(CCCC2)C(=O)N1C[C@@H](O)COCc1ccccc1F. The van der Waals surface area contributed by atoms with Crippen LogP contribution in [0.4, 0.5) is 9.18 Å². The van der Waals surface area contributed by atoms with E-state index in [4.69, 9.17) is 4.74 Å². The van der Waals surface area contributed by atoms with Gasteiger partial charge in [0.15, 0.2) is 0 Å². The molecule has 0 radical (unpaired) electrons. The number of hydrogen-bond acceptors (Lipinski definition) is 4. The van der Waals surface area contributed by atoms with Crippen LogP contribution in [0.3, 0.4) is 0 Å². The first-order chi connectivity index (χ1) is 11.5. The van der Waals surface area contributed by atoms with Gasteiger partial charge in [-0.3, -0.25) is 9.69 Å². The van der Waals surface area contributed by atoms with Crippen molar-refractivity contribution in [3.8, 4) is 0 Å². The van der Waals surface area contributed by atoms with Crippen LogP contribution in [0.5, 0.6) is 0 Å². The monoisotopic (exact) mass is 336 g/mol. The van der Waals surface area contributed by atoms with E-state index in [1.54, 1.807) is 18.2 Å². The van der Waals surface area contributed by atoms with Crippen molar-refractivity contribution in [2.75, 3.05) is 13.2 Å². The molecule has 3 rings (SSSR count). The Morgan fingerprint density at radius 3 is 2.71 bits per heavy atom. The molecule has 24 heavy (non-hydrogen) atoms. The van der Waals surface area contributed by atoms with Gasteiger partial charge in [-0.15, -0.1) is 0 Å². The standard InChI is InChI=1S/C17H21FN2O4/c18-14-6-2-1-5-12(14)10-24-11-13(21)9-20-15(22)17(19-16(20)23)7-3-4-8-17/h1-2,5-6,13,21H,3-4,7-11H2,(H,19,23)/t13-/m1/s1. The van der Waals surface area contributed by atoms with Crippen LogP contribution in [-0.4, -0.2) is 46.7 Å². The van der Waals surface area contributed by atoms with Crippen LogP contribution in [0.15, 0.2) is 24.3 Å². The van der Waals surface area contributed by atoms with Crippen LogP contribution in [0, 0.1) is 5.82 Å². The van der Waals surface area contributed by atoms with Gasteiger partial charge in [0.05, 0.1) is 25.9 Å². The van der Waals surface area contributed by atoms with Gasteiger partial charge in [0.25, 0.3) is 5.91 Å². The number of carbonyl (C=O) groups excluding carboxylic acids is 2. The smallest absolute Gasteiger partial charge is 0.325 e. The second-order valence-corrected chi connectivity index (χ2v) is 6.40. The molecular formula is C17H21FN2O4. The number of nitrogens with one attached hydrogen (secondary N) is 1. The molecule has 6 nitrogen and oxygen atoms in total. The maximum Gasteiger partial charge on any atom is 0.325 e. The summed E-state index contributed by atoms with van der Waals surface area (Å²) in [6.45, 7) is -0.185. The number of nitrogens with zero attached hydrogens (tertiary/aromatic N) is 1. The lowest BCUT2D eigenvalue weighted by molar-refractivity contribution is -0.132. The van der Waals surface area contributed by atoms with Crippen molar-refractivity contribution in [3.63, 3.8) is 0 Å². The van der Waals surface area contributed by atoms with Crippen molar-refractivity contribution in [2.24, 2.45) is 0 Å². The molecular weight excluding hydrogens is 315 g/mol. The second-order valence-electron chi connectivity index (χ2n) is 6.40. The summed E-state index contributed by atoms with van der Waals surface area (Å²) in [5.74, 6) is -0.637. The third kappa shape index (κ3) is 3.27. The van der Waals surface area contributed by atoms with Crippen molar-refractivity contribution in [1.82, 2.24) is 10.2 Å². The minimum absolute atomic E-state index is 0.0216. The van der Waals surface area contributed by atoms with Crippen LogP contribution in [0.25, 0.3) is 0 Å². The van der Waals surface area contributed by atoms with Crippen molar-refractivity contribution < 1.29 is 23.8 Å². The van der Waals surface area contributed by atoms with Crippen LogP contribution < -0.4 is 5.32 Å². The van der Waals surface area contributed by atoms with E-state index in [9.17, 15) is 19.1 Å². The molecule has 1 saturated heterocycles. The highest BCUT2D eigenvalue weighted by molar-refractivity contribution is 6.07. The molecule has 0 bridgehead atoms. The molecule has 1 heterocycles. The molecule has 1 spiro atoms. The summed E-state index contributed by atoms with van der Waals surface area (Å²) in [6.07, 6.45) is 2.10. The Bertz CT molecular complexity index is 631. The summed E-state index contributed by atoms with van der Waals surface area (Å²) in [4.78, 5) is 25.5. The zero-order valence-electron chi connectivity index (χ0n) is 13.3. The molecule has 1 aromatic rings. The maximum absolute atomic E-state index is 13.5. The summed E-state index contributed by atoms with van der Waals surface area (Å²) in [5.41, 5.74) is -0.380. The second kappa shape index (κ2) is 6.86. The van der Waals surface area contributed by atoms with Gasteiger partial charge >= 0.3 is 6.03 Å². The number of benzene rings is 1. The first kappa shape index (κ1) is 16.9. The lowest BCUT2D eigenvalue weighted by atomic mass is 9.98. The van der Waals surface area contributed by atoms with Crippen LogP contribution in [0.2, 0.25) is 0 Å². The van der Waals surface area contributed by atoms with E-state index in [1.807, 2.05) is 0 Å². The first-order valence-electron chi connectivity index (χ1n) is 8.15. The molecule has 1 saturated carbocycles. The lowest BCUT2D eigenvalue weighted by Crippen LogP contribution is -2.45. The number of aliphatic hydroxyl groups is 1. The normalized spacial score (nSPS) is 20.7. The molecule has 0 aromatic heterocycles. The van der Waals surface area contributed by atoms with Gasteiger partial charge in [-0.2, -0.15) is 0 Å². The van der Waals surface area contributed by atoms with Gasteiger partial charge in [-0.05, 0) is 18.9 Å². The highest BCUT2D eigenvalue weighted by atomic mass is 19.1. The van der Waals surface area contributed by atoms with Gasteiger partial charge < -0.3 is 15.2 Å². The number of rotatable bonds is 6. The minimum Gasteiger partial charge on any atom is -0.389 e. The van der Waals surface area contributed by atoms with Gasteiger partial charge in [-0.25, -0.2) is 9.18 Å². The average molecular weight is 336 g/mol. The molecule has 2 N–H and O–H groups in total. The molecule has 0 unspecified atom stereocenters. The fourth-order valence-electron chi connectivity index (χ4n) is 3.34. The van der Waals surface area contributed by atoms with E-state index in [2.05, 4.69) is 5.32 Å². The van der Waals surface area contributed by atoms with Crippen LogP contribution in [-0.2, 0) is 16.1 Å². The molecule has 2 aliphatic rings. The van der Waals surface area contributed by atoms with Crippen molar-refractivity contribution in [1.29, 1.82) is 0 Å². The number of hydrogen-bond donors (Lipinski definition) is 2. The molecule has 1 aliphatic heterocycles. The van der Waals surface area contributed by atoms with Gasteiger partial charge in [0.1, 0.15) is 11.4 Å². The third-order valence-electron chi connectivity index (χ3n) is 4.62. The Morgan fingerprint density at radius 1 is 1.29 bits per heavy atom. The van der Waals surface area contributed by atoms with Gasteiger partial charge in [0, 0.05) is 5.56 Å². The Hall–Kier alpha value is -1.99. The number of β-amino-alcohol motifs (C(OH)–C–C–N with tert-alkyl or cyclic N) is 1. The third-order valence-corrected chi connectivity index (χ3v) is 4.62. The van der Waals surface area contributed by atoms with E-state index in [0.29, 0.717) is 18.4 Å². The molecule has 1 atom stereocenters. The zero-order valence-corrected chi connectivity index (χ0v) is 13.3. The van der Waals surface area contributed by atoms with Crippen LogP contribution >= 0.6 is 0 Å². The summed E-state index contributed by atoms with van der Waals surface area (Å²) in [6, 6.07) is 5.76. The molecule has 2 fully saturated rings. The number of ether oxygens (including phenoxy) is 1. The predicted octanol–water partition coefficient (Wildman–Crippen LogP) is 1.57. The van der Waals surface area contributed by atoms with Gasteiger partial charge in [-0.1, -0.05) is 31.0 Å². The molecule has 3 amide bonds. The quantitative estimate of drug-likeness (QED) is 0.773. The summed E-state index contributed by atoms with van der Waals surface area (Å²) < 4.78 is 18.8. The minimum atomic E-state index is -1.01. The van der Waals surface area contributed by atoms with Crippen molar-refractivity contribution in [3.05, 3.63) is 35.6 Å². The summed E-state index contributed by atoms with van der Waals surface area (Å²) in [5, 5.41) is 12.8. The topological polar surface area (TPSA) is 78.9 Å². The molecule has 1 aliphatic carbocycles. The Kier molecular flexibility index (Phi) is 4.82. The average Bonchev–Trinajstić information content (AvgIpc) is 3.11. The fourth-order valence-corrected chi connectivity index (χ4v) is 3.34. The summed E-state index contributed by atoms with van der Waals surface area (Å²) in [7, 11) is 0. The van der Waals surface area contributed by atoms with E-state index < -0.39 is 17.7 Å². The van der Waals surface area contributed by atoms with E-state index in [0.717, 1.165) is 17.7 Å². The van der Waals surface area contributed by atoms with Crippen LogP contribution in [0.1, 0.15) is 31.2 Å². The van der Waals surface area contributed by atoms with E-state index in [-0.39, 0.29) is 31.5 Å². The number of urea groups is 1. The Labute approximate surface area is 139 Å². The van der Waals surface area contributed by atoms with E-state index in [1.165, 1.54) is 6.07 Å². The zero-order chi connectivity index (χ0) is 17.2. The fraction of sp³-hybridized carbons (Fsp3) is 0.529. The molecule has 1 aromatic carbocycles. The number of halogens is 1. The lowest BCUT2D eigenvalue weighted by Gasteiger charge is -2.21. The highest BCUT2D eigenvalue weighted by Crippen LogP contribution is 2.35. The highest BCUT2D eigenvalue weighted by Gasteiger charge is 2.52. The number of aliphatic hydroxyl groups excluding tert-OH is 1. The maximum atomic E-state index is 13.5.